The molecule has 6 nitrogen and oxygen atoms in total. The van der Waals surface area contributed by atoms with Crippen LogP contribution in [0.5, 0.6) is 0 Å². The van der Waals surface area contributed by atoms with Crippen LogP contribution in [0.1, 0.15) is 16.8 Å². The summed E-state index contributed by atoms with van der Waals surface area (Å²) in [5.41, 5.74) is -0.174. The highest BCUT2D eigenvalue weighted by atomic mass is 35.5. The van der Waals surface area contributed by atoms with Crippen LogP contribution in [0.2, 0.25) is 5.02 Å². The van der Waals surface area contributed by atoms with E-state index >= 15 is 0 Å². The second kappa shape index (κ2) is 6.03. The molecular weight excluding hydrogens is 294 g/mol. The molecule has 1 amide bonds. The molecule has 0 spiro atoms. The Hall–Kier alpha value is -1.60. The van der Waals surface area contributed by atoms with Crippen LogP contribution in [-0.2, 0) is 14.6 Å². The smallest absolute Gasteiger partial charge is 0.337 e. The molecule has 0 fully saturated rings. The van der Waals surface area contributed by atoms with Crippen molar-refractivity contribution in [2.24, 2.45) is 0 Å². The van der Waals surface area contributed by atoms with Crippen molar-refractivity contribution in [2.75, 3.05) is 12.8 Å². The Balaban J connectivity index is 3.00. The molecule has 0 aliphatic carbocycles. The molecular formula is C11H12ClNO5S. The number of hydrogen-bond acceptors (Lipinski definition) is 4. The number of hydrogen-bond donors (Lipinski definition) is 2. The largest absolute Gasteiger partial charge is 0.478 e. The zero-order valence-corrected chi connectivity index (χ0v) is 11.6. The van der Waals surface area contributed by atoms with E-state index in [1.165, 1.54) is 7.05 Å². The number of benzene rings is 1. The molecule has 1 aromatic carbocycles. The highest BCUT2D eigenvalue weighted by Crippen LogP contribution is 2.22. The van der Waals surface area contributed by atoms with Gasteiger partial charge in [-0.2, -0.15) is 0 Å². The molecule has 104 valence electrons. The molecule has 0 unspecified atom stereocenters. The Bertz CT molecular complexity index is 612. The fourth-order valence-electron chi connectivity index (χ4n) is 1.33. The van der Waals surface area contributed by atoms with Crippen LogP contribution in [0.3, 0.4) is 0 Å². The van der Waals surface area contributed by atoms with Gasteiger partial charge in [-0.05, 0) is 18.2 Å². The van der Waals surface area contributed by atoms with E-state index in [0.717, 1.165) is 18.2 Å². The van der Waals surface area contributed by atoms with Crippen molar-refractivity contribution in [2.45, 2.75) is 11.3 Å². The quantitative estimate of drug-likeness (QED) is 0.843. The van der Waals surface area contributed by atoms with E-state index in [9.17, 15) is 18.0 Å². The lowest BCUT2D eigenvalue weighted by molar-refractivity contribution is -0.120. The van der Waals surface area contributed by atoms with Crippen molar-refractivity contribution < 1.29 is 23.1 Å². The molecule has 1 rings (SSSR count). The number of carbonyl (C=O) groups excluding carboxylic acids is 1. The van der Waals surface area contributed by atoms with E-state index in [-0.39, 0.29) is 27.7 Å². The second-order valence-corrected chi connectivity index (χ2v) is 6.21. The molecule has 2 N–H and O–H groups in total. The Labute approximate surface area is 115 Å². The predicted molar refractivity (Wildman–Crippen MR) is 69.1 cm³/mol. The number of halogens is 1. The number of sulfone groups is 1. The third kappa shape index (κ3) is 3.93. The summed E-state index contributed by atoms with van der Waals surface area (Å²) in [4.78, 5) is 21.7. The standard InChI is InChI=1S/C11H12ClNO5S/c1-13-10(14)4-5-19(17,18)7-2-3-8(11(15)16)9(12)6-7/h2-3,6H,4-5H2,1H3,(H,13,14)(H,15,16). The van der Waals surface area contributed by atoms with E-state index in [1.54, 1.807) is 0 Å². The summed E-state index contributed by atoms with van der Waals surface area (Å²) < 4.78 is 23.8. The van der Waals surface area contributed by atoms with E-state index in [1.807, 2.05) is 0 Å². The van der Waals surface area contributed by atoms with Gasteiger partial charge in [0.25, 0.3) is 0 Å². The van der Waals surface area contributed by atoms with Gasteiger partial charge >= 0.3 is 5.97 Å². The Morgan fingerprint density at radius 2 is 2.00 bits per heavy atom. The lowest BCUT2D eigenvalue weighted by atomic mass is 10.2. The maximum atomic E-state index is 11.9. The molecule has 0 aliphatic heterocycles. The fourth-order valence-corrected chi connectivity index (χ4v) is 2.92. The highest BCUT2D eigenvalue weighted by molar-refractivity contribution is 7.91. The zero-order valence-electron chi connectivity index (χ0n) is 10.0. The summed E-state index contributed by atoms with van der Waals surface area (Å²) >= 11 is 5.70. The minimum absolute atomic E-state index is 0.105. The first kappa shape index (κ1) is 15.5. The maximum absolute atomic E-state index is 11.9. The van der Waals surface area contributed by atoms with Crippen LogP contribution >= 0.6 is 11.6 Å². The normalized spacial score (nSPS) is 11.1. The molecule has 0 bridgehead atoms. The summed E-state index contributed by atoms with van der Waals surface area (Å²) in [5.74, 6) is -1.99. The van der Waals surface area contributed by atoms with Gasteiger partial charge in [-0.3, -0.25) is 4.79 Å². The van der Waals surface area contributed by atoms with Gasteiger partial charge in [-0.15, -0.1) is 0 Å². The predicted octanol–water partition coefficient (Wildman–Crippen LogP) is 0.948. The zero-order chi connectivity index (χ0) is 14.6. The Morgan fingerprint density at radius 1 is 1.37 bits per heavy atom. The lowest BCUT2D eigenvalue weighted by Gasteiger charge is -2.06. The van der Waals surface area contributed by atoms with E-state index in [0.29, 0.717) is 0 Å². The number of rotatable bonds is 5. The molecule has 0 aromatic heterocycles. The topological polar surface area (TPSA) is 101 Å². The minimum Gasteiger partial charge on any atom is -0.478 e. The summed E-state index contributed by atoms with van der Waals surface area (Å²) in [5, 5.41) is 10.9. The number of aromatic carboxylic acids is 1. The van der Waals surface area contributed by atoms with Crippen molar-refractivity contribution in [3.63, 3.8) is 0 Å². The summed E-state index contributed by atoms with van der Waals surface area (Å²) in [6.07, 6.45) is -0.170. The van der Waals surface area contributed by atoms with Crippen LogP contribution in [0.25, 0.3) is 0 Å². The third-order valence-electron chi connectivity index (χ3n) is 2.41. The van der Waals surface area contributed by atoms with Gasteiger partial charge in [-0.25, -0.2) is 13.2 Å². The monoisotopic (exact) mass is 305 g/mol. The molecule has 8 heteroatoms. The average Bonchev–Trinajstić information content (AvgIpc) is 2.35. The molecule has 0 atom stereocenters. The Kier molecular flexibility index (Phi) is 4.90. The van der Waals surface area contributed by atoms with Gasteiger partial charge in [-0.1, -0.05) is 11.6 Å². The van der Waals surface area contributed by atoms with Gasteiger partial charge in [0.15, 0.2) is 9.84 Å². The number of nitrogens with one attached hydrogen (secondary N) is 1. The molecule has 0 aliphatic rings. The fraction of sp³-hybridized carbons (Fsp3) is 0.273. The van der Waals surface area contributed by atoms with Crippen LogP contribution in [0.4, 0.5) is 0 Å². The first-order valence-electron chi connectivity index (χ1n) is 5.24. The number of carboxylic acid groups (broad SMARTS) is 1. The molecule has 19 heavy (non-hydrogen) atoms. The molecule has 1 aromatic rings. The molecule has 0 radical (unpaired) electrons. The first-order valence-corrected chi connectivity index (χ1v) is 7.27. The van der Waals surface area contributed by atoms with Crippen molar-refractivity contribution in [1.29, 1.82) is 0 Å². The summed E-state index contributed by atoms with van der Waals surface area (Å²) in [6.45, 7) is 0. The van der Waals surface area contributed by atoms with E-state index < -0.39 is 21.7 Å². The van der Waals surface area contributed by atoms with Crippen molar-refractivity contribution in [1.82, 2.24) is 5.32 Å². The van der Waals surface area contributed by atoms with Gasteiger partial charge < -0.3 is 10.4 Å². The van der Waals surface area contributed by atoms with Crippen molar-refractivity contribution >= 4 is 33.3 Å². The average molecular weight is 306 g/mol. The molecule has 0 heterocycles. The minimum atomic E-state index is -3.67. The van der Waals surface area contributed by atoms with Crippen molar-refractivity contribution in [3.05, 3.63) is 28.8 Å². The lowest BCUT2D eigenvalue weighted by Crippen LogP contribution is -2.21. The number of amides is 1. The van der Waals surface area contributed by atoms with Gasteiger partial charge in [0.05, 0.1) is 21.2 Å². The van der Waals surface area contributed by atoms with E-state index in [2.05, 4.69) is 5.32 Å². The number of carbonyl (C=O) groups is 2. The molecule has 0 saturated carbocycles. The van der Waals surface area contributed by atoms with Gasteiger partial charge in [0.1, 0.15) is 0 Å². The SMILES string of the molecule is CNC(=O)CCS(=O)(=O)c1ccc(C(=O)O)c(Cl)c1. The maximum Gasteiger partial charge on any atom is 0.337 e. The third-order valence-corrected chi connectivity index (χ3v) is 4.43. The van der Waals surface area contributed by atoms with Crippen LogP contribution in [0.15, 0.2) is 23.1 Å². The summed E-state index contributed by atoms with van der Waals surface area (Å²) in [6, 6.07) is 3.36. The van der Waals surface area contributed by atoms with Crippen molar-refractivity contribution in [3.8, 4) is 0 Å². The van der Waals surface area contributed by atoms with Crippen LogP contribution < -0.4 is 5.32 Å². The number of carboxylic acids is 1. The van der Waals surface area contributed by atoms with E-state index in [4.69, 9.17) is 16.7 Å². The summed E-state index contributed by atoms with van der Waals surface area (Å²) in [7, 11) is -2.26. The Morgan fingerprint density at radius 3 is 2.47 bits per heavy atom. The van der Waals surface area contributed by atoms with Gasteiger partial charge in [0, 0.05) is 13.5 Å². The second-order valence-electron chi connectivity index (χ2n) is 3.69. The van der Waals surface area contributed by atoms with Crippen LogP contribution in [-0.4, -0.2) is 38.2 Å². The molecule has 0 saturated heterocycles. The highest BCUT2D eigenvalue weighted by Gasteiger charge is 2.18. The van der Waals surface area contributed by atoms with Crippen LogP contribution in [0, 0.1) is 0 Å². The van der Waals surface area contributed by atoms with Gasteiger partial charge in [0.2, 0.25) is 5.91 Å². The first-order chi connectivity index (χ1) is 8.77.